The Morgan fingerprint density at radius 3 is 2.67 bits per heavy atom. The first-order valence-corrected chi connectivity index (χ1v) is 11.3. The monoisotopic (exact) mass is 442 g/mol. The van der Waals surface area contributed by atoms with Gasteiger partial charge < -0.3 is 10.1 Å². The quantitative estimate of drug-likeness (QED) is 0.401. The number of nitrogens with zero attached hydrogens (tertiary/aromatic N) is 1. The van der Waals surface area contributed by atoms with Gasteiger partial charge in [-0.3, -0.25) is 4.79 Å². The summed E-state index contributed by atoms with van der Waals surface area (Å²) in [5.41, 5.74) is 3.01. The van der Waals surface area contributed by atoms with Crippen LogP contribution in [-0.4, -0.2) is 34.9 Å². The minimum atomic E-state index is -0.736. The molecule has 0 aliphatic rings. The van der Waals surface area contributed by atoms with Crippen LogP contribution in [0.5, 0.6) is 0 Å². The summed E-state index contributed by atoms with van der Waals surface area (Å²) < 4.78 is 5.49. The zero-order valence-electron chi connectivity index (χ0n) is 16.9. The van der Waals surface area contributed by atoms with Gasteiger partial charge in [0.1, 0.15) is 17.8 Å². The van der Waals surface area contributed by atoms with E-state index >= 15 is 0 Å². The van der Waals surface area contributed by atoms with E-state index in [1.165, 1.54) is 0 Å². The Balaban J connectivity index is 1.69. The van der Waals surface area contributed by atoms with Gasteiger partial charge in [0.25, 0.3) is 5.91 Å². The van der Waals surface area contributed by atoms with Gasteiger partial charge in [0.05, 0.1) is 5.52 Å². The Bertz CT molecular complexity index is 1040. The molecule has 2 aromatic carbocycles. The largest absolute Gasteiger partial charge is 0.459 e. The number of aryl methyl sites for hydroxylation is 1. The summed E-state index contributed by atoms with van der Waals surface area (Å²) in [4.78, 5) is 29.6. The van der Waals surface area contributed by atoms with Crippen molar-refractivity contribution in [2.75, 3.05) is 12.0 Å². The number of pyridine rings is 1. The molecule has 1 N–H and O–H groups in total. The predicted molar refractivity (Wildman–Crippen MR) is 122 cm³/mol. The number of halogens is 1. The Labute approximate surface area is 185 Å². The first-order valence-electron chi connectivity index (χ1n) is 9.55. The van der Waals surface area contributed by atoms with Crippen LogP contribution in [0.4, 0.5) is 0 Å². The third-order valence-electron chi connectivity index (χ3n) is 4.61. The highest BCUT2D eigenvalue weighted by molar-refractivity contribution is 7.98. The number of ether oxygens (including phenoxy) is 1. The molecule has 0 spiro atoms. The number of carbonyl (C=O) groups is 2. The molecule has 0 saturated heterocycles. The van der Waals surface area contributed by atoms with Crippen molar-refractivity contribution >= 4 is 46.1 Å². The van der Waals surface area contributed by atoms with Gasteiger partial charge in [0.15, 0.2) is 0 Å². The topological polar surface area (TPSA) is 68.3 Å². The Morgan fingerprint density at radius 1 is 1.17 bits per heavy atom. The highest BCUT2D eigenvalue weighted by Crippen LogP contribution is 2.22. The normalized spacial score (nSPS) is 11.8. The van der Waals surface area contributed by atoms with Crippen molar-refractivity contribution in [3.63, 3.8) is 0 Å². The molecule has 1 heterocycles. The second-order valence-electron chi connectivity index (χ2n) is 6.92. The number of benzene rings is 2. The molecule has 0 aliphatic heterocycles. The van der Waals surface area contributed by atoms with E-state index in [-0.39, 0.29) is 12.5 Å². The molecule has 1 aromatic heterocycles. The summed E-state index contributed by atoms with van der Waals surface area (Å²) in [6.45, 7) is 1.98. The number of rotatable bonds is 8. The van der Waals surface area contributed by atoms with E-state index in [1.54, 1.807) is 36.0 Å². The molecule has 156 valence electrons. The Hall–Kier alpha value is -2.57. The van der Waals surface area contributed by atoms with Crippen LogP contribution in [0.15, 0.2) is 54.6 Å². The second-order valence-corrected chi connectivity index (χ2v) is 8.26. The van der Waals surface area contributed by atoms with E-state index < -0.39 is 12.0 Å². The molecule has 5 nitrogen and oxygen atoms in total. The number of thioether (sulfide) groups is 1. The molecule has 0 fully saturated rings. The van der Waals surface area contributed by atoms with Crippen molar-refractivity contribution in [2.24, 2.45) is 0 Å². The summed E-state index contributed by atoms with van der Waals surface area (Å²) in [6, 6.07) is 15.8. The van der Waals surface area contributed by atoms with Crippen LogP contribution in [0.1, 0.15) is 27.9 Å². The number of aromatic nitrogens is 1. The third-order valence-corrected chi connectivity index (χ3v) is 5.58. The Morgan fingerprint density at radius 2 is 1.93 bits per heavy atom. The molecule has 0 bridgehead atoms. The molecule has 1 unspecified atom stereocenters. The van der Waals surface area contributed by atoms with Crippen molar-refractivity contribution in [1.29, 1.82) is 0 Å². The van der Waals surface area contributed by atoms with Crippen molar-refractivity contribution in [3.8, 4) is 0 Å². The number of nitrogens with one attached hydrogen (secondary N) is 1. The van der Waals surface area contributed by atoms with Crippen LogP contribution in [-0.2, 0) is 16.1 Å². The van der Waals surface area contributed by atoms with E-state index in [2.05, 4.69) is 10.3 Å². The lowest BCUT2D eigenvalue weighted by atomic mass is 10.1. The zero-order chi connectivity index (χ0) is 21.5. The third kappa shape index (κ3) is 5.74. The lowest BCUT2D eigenvalue weighted by Crippen LogP contribution is -2.42. The molecule has 0 saturated carbocycles. The SMILES string of the molecule is CSCCC(NC(=O)c1ccccc1)C(=O)OCc1cc2ccc(C)cc2nc1Cl. The van der Waals surface area contributed by atoms with Crippen LogP contribution < -0.4 is 5.32 Å². The minimum Gasteiger partial charge on any atom is -0.459 e. The van der Waals surface area contributed by atoms with E-state index in [4.69, 9.17) is 16.3 Å². The number of fused-ring (bicyclic) bond motifs is 1. The van der Waals surface area contributed by atoms with Crippen molar-refractivity contribution < 1.29 is 14.3 Å². The molecular weight excluding hydrogens is 420 g/mol. The molecular formula is C23H23ClN2O3S. The maximum atomic E-state index is 12.7. The first kappa shape index (κ1) is 22.1. The highest BCUT2D eigenvalue weighted by atomic mass is 35.5. The number of hydrogen-bond acceptors (Lipinski definition) is 5. The van der Waals surface area contributed by atoms with Crippen molar-refractivity contribution in [3.05, 3.63) is 76.4 Å². The summed E-state index contributed by atoms with van der Waals surface area (Å²) in [5.74, 6) is -0.0836. The van der Waals surface area contributed by atoms with E-state index in [9.17, 15) is 9.59 Å². The lowest BCUT2D eigenvalue weighted by Gasteiger charge is -2.18. The fourth-order valence-corrected chi connectivity index (χ4v) is 3.64. The van der Waals surface area contributed by atoms with Gasteiger partial charge in [-0.05, 0) is 55.2 Å². The molecule has 3 rings (SSSR count). The zero-order valence-corrected chi connectivity index (χ0v) is 18.4. The van der Waals surface area contributed by atoms with Gasteiger partial charge in [-0.25, -0.2) is 9.78 Å². The van der Waals surface area contributed by atoms with Crippen LogP contribution in [0.3, 0.4) is 0 Å². The van der Waals surface area contributed by atoms with E-state index in [1.807, 2.05) is 43.5 Å². The van der Waals surface area contributed by atoms with Gasteiger partial charge >= 0.3 is 5.97 Å². The van der Waals surface area contributed by atoms with Crippen LogP contribution in [0, 0.1) is 6.92 Å². The first-order chi connectivity index (χ1) is 14.5. The summed E-state index contributed by atoms with van der Waals surface area (Å²) in [6.07, 6.45) is 2.42. The predicted octanol–water partition coefficient (Wildman–Crippen LogP) is 4.79. The average molecular weight is 443 g/mol. The van der Waals surface area contributed by atoms with Crippen LogP contribution in [0.2, 0.25) is 5.15 Å². The minimum absolute atomic E-state index is 0.00847. The van der Waals surface area contributed by atoms with E-state index in [0.29, 0.717) is 28.5 Å². The van der Waals surface area contributed by atoms with Gasteiger partial charge in [0, 0.05) is 16.5 Å². The van der Waals surface area contributed by atoms with Gasteiger partial charge in [0.2, 0.25) is 0 Å². The van der Waals surface area contributed by atoms with Crippen molar-refractivity contribution in [2.45, 2.75) is 26.0 Å². The molecule has 1 atom stereocenters. The number of carbonyl (C=O) groups excluding carboxylic acids is 2. The average Bonchev–Trinajstić information content (AvgIpc) is 2.75. The highest BCUT2D eigenvalue weighted by Gasteiger charge is 2.23. The fourth-order valence-electron chi connectivity index (χ4n) is 2.96. The fraction of sp³-hybridized carbons (Fsp3) is 0.261. The number of hydrogen-bond donors (Lipinski definition) is 1. The van der Waals surface area contributed by atoms with E-state index in [0.717, 1.165) is 16.5 Å². The van der Waals surface area contributed by atoms with Crippen molar-refractivity contribution in [1.82, 2.24) is 10.3 Å². The van der Waals surface area contributed by atoms with Crippen LogP contribution in [0.25, 0.3) is 10.9 Å². The second kappa shape index (κ2) is 10.5. The standard InChI is InChI=1S/C23H23ClN2O3S/c1-15-8-9-17-13-18(21(24)25-20(17)12-15)14-29-23(28)19(10-11-30-2)26-22(27)16-6-4-3-5-7-16/h3-9,12-13,19H,10-11,14H2,1-2H3,(H,26,27). The molecule has 0 radical (unpaired) electrons. The summed E-state index contributed by atoms with van der Waals surface area (Å²) in [7, 11) is 0. The molecule has 0 aliphatic carbocycles. The number of esters is 1. The van der Waals surface area contributed by atoms with Gasteiger partial charge in [-0.2, -0.15) is 11.8 Å². The molecule has 1 amide bonds. The molecule has 7 heteroatoms. The molecule has 3 aromatic rings. The van der Waals surface area contributed by atoms with Gasteiger partial charge in [-0.15, -0.1) is 0 Å². The summed E-state index contributed by atoms with van der Waals surface area (Å²) in [5, 5.41) is 4.00. The smallest absolute Gasteiger partial charge is 0.329 e. The Kier molecular flexibility index (Phi) is 7.71. The maximum Gasteiger partial charge on any atom is 0.329 e. The molecule has 30 heavy (non-hydrogen) atoms. The maximum absolute atomic E-state index is 12.7. The summed E-state index contributed by atoms with van der Waals surface area (Å²) >= 11 is 7.89. The number of amides is 1. The lowest BCUT2D eigenvalue weighted by molar-refractivity contribution is -0.147. The van der Waals surface area contributed by atoms with Crippen LogP contribution >= 0.6 is 23.4 Å². The van der Waals surface area contributed by atoms with Gasteiger partial charge in [-0.1, -0.05) is 41.9 Å².